The molecule has 6 nitrogen and oxygen atoms in total. The van der Waals surface area contributed by atoms with Crippen LogP contribution >= 0.6 is 0 Å². The first-order valence-electron chi connectivity index (χ1n) is 26.4. The molecule has 0 aliphatic carbocycles. The van der Waals surface area contributed by atoms with E-state index in [2.05, 4.69) is 93.7 Å². The zero-order chi connectivity index (χ0) is 45.8. The SMILES string of the molecule is CCCCC/C=C\C/C=C\C/C=C\C/C=C\CCCCCC(=O)OC[C@H](COC(=O)CCCCCCC/C=C\CCCCCC)OC(=O)CCCCCCC/C=C\CCCCCC. The molecule has 0 aromatic rings. The third kappa shape index (κ3) is 49.7. The van der Waals surface area contributed by atoms with Gasteiger partial charge in [0.15, 0.2) is 6.10 Å². The quantitative estimate of drug-likeness (QED) is 0.0262. The highest BCUT2D eigenvalue weighted by molar-refractivity contribution is 5.71. The molecule has 0 spiro atoms. The topological polar surface area (TPSA) is 78.9 Å². The molecule has 0 bridgehead atoms. The van der Waals surface area contributed by atoms with Gasteiger partial charge in [-0.3, -0.25) is 14.4 Å². The molecule has 0 saturated heterocycles. The van der Waals surface area contributed by atoms with Crippen LogP contribution in [0.2, 0.25) is 0 Å². The summed E-state index contributed by atoms with van der Waals surface area (Å²) >= 11 is 0. The van der Waals surface area contributed by atoms with Crippen LogP contribution < -0.4 is 0 Å². The Balaban J connectivity index is 4.44. The summed E-state index contributed by atoms with van der Waals surface area (Å²) in [5.74, 6) is -0.941. The van der Waals surface area contributed by atoms with Crippen LogP contribution in [0.5, 0.6) is 0 Å². The molecule has 1 atom stereocenters. The van der Waals surface area contributed by atoms with E-state index in [0.717, 1.165) is 103 Å². The smallest absolute Gasteiger partial charge is 0.306 e. The van der Waals surface area contributed by atoms with Crippen molar-refractivity contribution in [1.29, 1.82) is 0 Å². The molecule has 0 aliphatic rings. The second-order valence-corrected chi connectivity index (χ2v) is 17.4. The first kappa shape index (κ1) is 59.9. The van der Waals surface area contributed by atoms with Gasteiger partial charge in [-0.2, -0.15) is 0 Å². The van der Waals surface area contributed by atoms with Crippen molar-refractivity contribution in [2.75, 3.05) is 13.2 Å². The summed E-state index contributed by atoms with van der Waals surface area (Å²) in [4.78, 5) is 38.0. The van der Waals surface area contributed by atoms with E-state index in [1.54, 1.807) is 0 Å². The molecule has 0 heterocycles. The van der Waals surface area contributed by atoms with Gasteiger partial charge in [0.25, 0.3) is 0 Å². The van der Waals surface area contributed by atoms with Crippen LogP contribution in [0, 0.1) is 0 Å². The number of esters is 3. The average Bonchev–Trinajstić information content (AvgIpc) is 3.28. The van der Waals surface area contributed by atoms with Gasteiger partial charge in [-0.05, 0) is 116 Å². The first-order valence-corrected chi connectivity index (χ1v) is 26.4. The molecule has 0 aromatic carbocycles. The monoisotopic (exact) mass is 879 g/mol. The predicted molar refractivity (Wildman–Crippen MR) is 270 cm³/mol. The molecule has 0 aromatic heterocycles. The van der Waals surface area contributed by atoms with Crippen LogP contribution in [-0.4, -0.2) is 37.2 Å². The molecule has 0 unspecified atom stereocenters. The minimum Gasteiger partial charge on any atom is -0.462 e. The van der Waals surface area contributed by atoms with Crippen molar-refractivity contribution in [1.82, 2.24) is 0 Å². The van der Waals surface area contributed by atoms with E-state index < -0.39 is 6.10 Å². The van der Waals surface area contributed by atoms with Gasteiger partial charge in [0.1, 0.15) is 13.2 Å². The molecule has 0 aliphatic heterocycles. The van der Waals surface area contributed by atoms with Gasteiger partial charge in [-0.15, -0.1) is 0 Å². The highest BCUT2D eigenvalue weighted by Crippen LogP contribution is 2.13. The number of carbonyl (C=O) groups excluding carboxylic acids is 3. The highest BCUT2D eigenvalue weighted by Gasteiger charge is 2.19. The van der Waals surface area contributed by atoms with Crippen LogP contribution in [0.4, 0.5) is 0 Å². The molecule has 0 fully saturated rings. The summed E-state index contributed by atoms with van der Waals surface area (Å²) < 4.78 is 16.8. The number of hydrogen-bond donors (Lipinski definition) is 0. The van der Waals surface area contributed by atoms with E-state index >= 15 is 0 Å². The van der Waals surface area contributed by atoms with Crippen LogP contribution in [0.15, 0.2) is 72.9 Å². The Morgan fingerprint density at radius 2 is 0.571 bits per heavy atom. The van der Waals surface area contributed by atoms with Gasteiger partial charge in [0.05, 0.1) is 0 Å². The number of hydrogen-bond acceptors (Lipinski definition) is 6. The summed E-state index contributed by atoms with van der Waals surface area (Å²) in [6.45, 7) is 6.54. The van der Waals surface area contributed by atoms with Crippen molar-refractivity contribution in [3.63, 3.8) is 0 Å². The predicted octanol–water partition coefficient (Wildman–Crippen LogP) is 17.4. The van der Waals surface area contributed by atoms with E-state index in [-0.39, 0.29) is 31.1 Å². The first-order chi connectivity index (χ1) is 31.0. The van der Waals surface area contributed by atoms with Crippen molar-refractivity contribution < 1.29 is 28.6 Å². The standard InChI is InChI=1S/C57H98O6/c1-4-7-10-13-16-19-22-25-26-27-28-29-30-33-35-38-41-44-47-50-56(59)62-53-54(63-57(60)51-48-45-42-39-36-32-24-21-18-15-12-9-6-3)52-61-55(58)49-46-43-40-37-34-31-23-20-17-14-11-8-5-2/h16,19-21,23-26,28-29,33,35,54H,4-15,17-18,22,27,30-32,34,36-53H2,1-3H3/b19-16-,23-20-,24-21-,26-25-,29-28-,35-33-/t54-/m0/s1. The van der Waals surface area contributed by atoms with E-state index in [1.807, 2.05) is 0 Å². The molecule has 63 heavy (non-hydrogen) atoms. The lowest BCUT2D eigenvalue weighted by Crippen LogP contribution is -2.30. The van der Waals surface area contributed by atoms with E-state index in [4.69, 9.17) is 14.2 Å². The minimum atomic E-state index is -0.795. The van der Waals surface area contributed by atoms with Gasteiger partial charge in [-0.1, -0.05) is 190 Å². The lowest BCUT2D eigenvalue weighted by molar-refractivity contribution is -0.167. The van der Waals surface area contributed by atoms with Crippen molar-refractivity contribution in [3.05, 3.63) is 72.9 Å². The number of allylic oxidation sites excluding steroid dienone is 12. The van der Waals surface area contributed by atoms with E-state index in [9.17, 15) is 14.4 Å². The largest absolute Gasteiger partial charge is 0.462 e. The number of carbonyl (C=O) groups is 3. The minimum absolute atomic E-state index is 0.0934. The third-order valence-electron chi connectivity index (χ3n) is 11.2. The molecule has 0 radical (unpaired) electrons. The molecule has 0 saturated carbocycles. The van der Waals surface area contributed by atoms with Gasteiger partial charge < -0.3 is 14.2 Å². The lowest BCUT2D eigenvalue weighted by Gasteiger charge is -2.18. The summed E-state index contributed by atoms with van der Waals surface area (Å²) in [6.07, 6.45) is 64.5. The average molecular weight is 879 g/mol. The zero-order valence-electron chi connectivity index (χ0n) is 41.3. The Morgan fingerprint density at radius 3 is 0.952 bits per heavy atom. The summed E-state index contributed by atoms with van der Waals surface area (Å²) in [5, 5.41) is 0. The van der Waals surface area contributed by atoms with Gasteiger partial charge in [0.2, 0.25) is 0 Å². The Hall–Kier alpha value is -3.15. The highest BCUT2D eigenvalue weighted by atomic mass is 16.6. The summed E-state index contributed by atoms with van der Waals surface area (Å²) in [5.41, 5.74) is 0. The lowest BCUT2D eigenvalue weighted by atomic mass is 10.1. The maximum Gasteiger partial charge on any atom is 0.306 e. The number of unbranched alkanes of at least 4 members (excludes halogenated alkanes) is 24. The second-order valence-electron chi connectivity index (χ2n) is 17.4. The third-order valence-corrected chi connectivity index (χ3v) is 11.2. The van der Waals surface area contributed by atoms with Crippen molar-refractivity contribution >= 4 is 17.9 Å². The Morgan fingerprint density at radius 1 is 0.317 bits per heavy atom. The van der Waals surface area contributed by atoms with Crippen LogP contribution in [0.3, 0.4) is 0 Å². The van der Waals surface area contributed by atoms with Crippen LogP contribution in [0.25, 0.3) is 0 Å². The van der Waals surface area contributed by atoms with E-state index in [1.165, 1.54) is 109 Å². The van der Waals surface area contributed by atoms with E-state index in [0.29, 0.717) is 19.3 Å². The van der Waals surface area contributed by atoms with Crippen molar-refractivity contribution in [2.45, 2.75) is 258 Å². The van der Waals surface area contributed by atoms with Gasteiger partial charge in [0, 0.05) is 19.3 Å². The van der Waals surface area contributed by atoms with Crippen LogP contribution in [0.1, 0.15) is 252 Å². The van der Waals surface area contributed by atoms with Crippen LogP contribution in [-0.2, 0) is 28.6 Å². The molecule has 0 amide bonds. The van der Waals surface area contributed by atoms with Gasteiger partial charge in [-0.25, -0.2) is 0 Å². The molecule has 0 N–H and O–H groups in total. The Bertz CT molecular complexity index is 1190. The fourth-order valence-corrected chi connectivity index (χ4v) is 7.12. The molecular weight excluding hydrogens is 781 g/mol. The maximum absolute atomic E-state index is 12.8. The summed E-state index contributed by atoms with van der Waals surface area (Å²) in [6, 6.07) is 0. The Kier molecular flexibility index (Phi) is 48.9. The summed E-state index contributed by atoms with van der Waals surface area (Å²) in [7, 11) is 0. The Labute approximate surface area is 389 Å². The van der Waals surface area contributed by atoms with Crippen molar-refractivity contribution in [3.8, 4) is 0 Å². The normalized spacial score (nSPS) is 12.6. The zero-order valence-corrected chi connectivity index (χ0v) is 41.3. The second kappa shape index (κ2) is 51.5. The fourth-order valence-electron chi connectivity index (χ4n) is 7.12. The fraction of sp³-hybridized carbons (Fsp3) is 0.737. The van der Waals surface area contributed by atoms with Crippen molar-refractivity contribution in [2.24, 2.45) is 0 Å². The number of rotatable bonds is 47. The van der Waals surface area contributed by atoms with Gasteiger partial charge >= 0.3 is 17.9 Å². The number of ether oxygens (including phenoxy) is 3. The molecule has 6 heteroatoms. The molecule has 0 rings (SSSR count). The molecular formula is C57H98O6. The maximum atomic E-state index is 12.8. The molecule has 362 valence electrons.